The van der Waals surface area contributed by atoms with Crippen molar-refractivity contribution in [2.75, 3.05) is 6.54 Å². The summed E-state index contributed by atoms with van der Waals surface area (Å²) in [6, 6.07) is 5.45. The topological polar surface area (TPSA) is 68.9 Å². The predicted molar refractivity (Wildman–Crippen MR) is 113 cm³/mol. The van der Waals surface area contributed by atoms with Gasteiger partial charge in [0, 0.05) is 17.6 Å². The number of carbonyl (C=O) groups excluding carboxylic acids is 1. The monoisotopic (exact) mass is 454 g/mol. The summed E-state index contributed by atoms with van der Waals surface area (Å²) in [5.41, 5.74) is -1.04. The fourth-order valence-corrected chi connectivity index (χ4v) is 3.60. The van der Waals surface area contributed by atoms with Gasteiger partial charge in [0.1, 0.15) is 12.2 Å². The third-order valence-corrected chi connectivity index (χ3v) is 5.43. The predicted octanol–water partition coefficient (Wildman–Crippen LogP) is 4.39. The van der Waals surface area contributed by atoms with Crippen LogP contribution in [-0.4, -0.2) is 26.8 Å². The normalized spacial score (nSPS) is 11.8. The Balaban J connectivity index is 2.31. The van der Waals surface area contributed by atoms with Gasteiger partial charge in [0.05, 0.1) is 22.3 Å². The third kappa shape index (κ3) is 4.46. The number of alkyl halides is 3. The Morgan fingerprint density at radius 1 is 1.26 bits per heavy atom. The molecule has 0 saturated carbocycles. The quantitative estimate of drug-likeness (QED) is 0.561. The van der Waals surface area contributed by atoms with Crippen LogP contribution in [0.2, 0.25) is 5.02 Å². The first-order chi connectivity index (χ1) is 14.6. The van der Waals surface area contributed by atoms with Gasteiger partial charge < -0.3 is 5.32 Å². The Bertz CT molecular complexity index is 1200. The number of aromatic nitrogens is 3. The van der Waals surface area contributed by atoms with E-state index in [1.165, 1.54) is 11.6 Å². The Labute approximate surface area is 181 Å². The van der Waals surface area contributed by atoms with E-state index in [2.05, 4.69) is 10.4 Å². The number of nitrogens with one attached hydrogen (secondary N) is 1. The van der Waals surface area contributed by atoms with Crippen molar-refractivity contribution < 1.29 is 18.0 Å². The highest BCUT2D eigenvalue weighted by Crippen LogP contribution is 2.36. The second-order valence-electron chi connectivity index (χ2n) is 7.26. The molecule has 10 heteroatoms. The van der Waals surface area contributed by atoms with Gasteiger partial charge in [0.15, 0.2) is 0 Å². The Morgan fingerprint density at radius 3 is 2.61 bits per heavy atom. The van der Waals surface area contributed by atoms with Gasteiger partial charge in [-0.05, 0) is 38.0 Å². The van der Waals surface area contributed by atoms with Crippen LogP contribution in [0.3, 0.4) is 0 Å². The minimum atomic E-state index is -4.76. The summed E-state index contributed by atoms with van der Waals surface area (Å²) in [4.78, 5) is 25.1. The Hall–Kier alpha value is -2.81. The average Bonchev–Trinajstić information content (AvgIpc) is 3.02. The molecule has 6 nitrogen and oxygen atoms in total. The largest absolute Gasteiger partial charge is 0.417 e. The first-order valence-corrected chi connectivity index (χ1v) is 10.2. The fraction of sp³-hybridized carbons (Fsp3) is 0.381. The van der Waals surface area contributed by atoms with E-state index in [-0.39, 0.29) is 16.7 Å². The molecule has 2 heterocycles. The van der Waals surface area contributed by atoms with Gasteiger partial charge in [-0.25, -0.2) is 4.68 Å². The molecule has 2 aromatic heterocycles. The van der Waals surface area contributed by atoms with E-state index in [0.29, 0.717) is 28.9 Å². The summed E-state index contributed by atoms with van der Waals surface area (Å²) >= 11 is 6.20. The van der Waals surface area contributed by atoms with Crippen molar-refractivity contribution in [1.29, 1.82) is 0 Å². The maximum absolute atomic E-state index is 13.7. The summed E-state index contributed by atoms with van der Waals surface area (Å²) in [5.74, 6) is -0.468. The molecule has 1 N–H and O–H groups in total. The lowest BCUT2D eigenvalue weighted by Gasteiger charge is -2.15. The van der Waals surface area contributed by atoms with E-state index < -0.39 is 29.8 Å². The molecule has 0 bridgehead atoms. The molecule has 0 atom stereocenters. The van der Waals surface area contributed by atoms with Crippen LogP contribution in [0.4, 0.5) is 13.2 Å². The lowest BCUT2D eigenvalue weighted by molar-refractivity contribution is -0.136. The van der Waals surface area contributed by atoms with Crippen LogP contribution in [0.1, 0.15) is 36.6 Å². The summed E-state index contributed by atoms with van der Waals surface area (Å²) in [7, 11) is 0. The van der Waals surface area contributed by atoms with Crippen molar-refractivity contribution >= 4 is 28.5 Å². The van der Waals surface area contributed by atoms with Crippen LogP contribution in [-0.2, 0) is 17.5 Å². The minimum absolute atomic E-state index is 0.0850. The number of nitrogens with zero attached hydrogens (tertiary/aromatic N) is 3. The van der Waals surface area contributed by atoms with Gasteiger partial charge in [-0.2, -0.15) is 18.3 Å². The summed E-state index contributed by atoms with van der Waals surface area (Å²) in [6.07, 6.45) is -3.14. The maximum Gasteiger partial charge on any atom is 0.417 e. The molecule has 0 unspecified atom stereocenters. The number of carbonyl (C=O) groups is 1. The number of halogens is 4. The zero-order valence-electron chi connectivity index (χ0n) is 17.3. The van der Waals surface area contributed by atoms with Gasteiger partial charge in [-0.15, -0.1) is 0 Å². The van der Waals surface area contributed by atoms with Crippen LogP contribution in [0, 0.1) is 13.8 Å². The molecule has 0 fully saturated rings. The molecule has 3 rings (SSSR count). The van der Waals surface area contributed by atoms with E-state index in [1.54, 1.807) is 25.1 Å². The van der Waals surface area contributed by atoms with Gasteiger partial charge >= 0.3 is 6.18 Å². The van der Waals surface area contributed by atoms with E-state index in [1.807, 2.05) is 6.92 Å². The molecule has 0 aliphatic carbocycles. The van der Waals surface area contributed by atoms with E-state index in [9.17, 15) is 22.8 Å². The standard InChI is InChI=1S/C21H22ClF3N4O2/c1-4-5-9-26-17(30)11-28-18(31)10-14(21(23,24)25)19-13(3)27-29(20(19)28)16-8-6-7-15(22)12(16)2/h6-8,10H,4-5,9,11H2,1-3H3,(H,26,30). The van der Waals surface area contributed by atoms with Crippen LogP contribution in [0.25, 0.3) is 16.7 Å². The number of fused-ring (bicyclic) bond motifs is 1. The SMILES string of the molecule is CCCCNC(=O)Cn1c(=O)cc(C(F)(F)F)c2c(C)nn(-c3cccc(Cl)c3C)c21. The first-order valence-electron chi connectivity index (χ1n) is 9.78. The second-order valence-corrected chi connectivity index (χ2v) is 7.67. The van der Waals surface area contributed by atoms with Gasteiger partial charge in [0.2, 0.25) is 5.91 Å². The van der Waals surface area contributed by atoms with Gasteiger partial charge in [-0.3, -0.25) is 14.2 Å². The number of hydrogen-bond acceptors (Lipinski definition) is 3. The molecule has 0 spiro atoms. The van der Waals surface area contributed by atoms with E-state index in [4.69, 9.17) is 11.6 Å². The molecule has 166 valence electrons. The van der Waals surface area contributed by atoms with Crippen molar-refractivity contribution in [2.24, 2.45) is 0 Å². The van der Waals surface area contributed by atoms with Gasteiger partial charge in [-0.1, -0.05) is 31.0 Å². The molecule has 0 radical (unpaired) electrons. The van der Waals surface area contributed by atoms with Crippen molar-refractivity contribution in [1.82, 2.24) is 19.7 Å². The zero-order chi connectivity index (χ0) is 22.9. The number of pyridine rings is 1. The van der Waals surface area contributed by atoms with Crippen molar-refractivity contribution in [3.63, 3.8) is 0 Å². The zero-order valence-corrected chi connectivity index (χ0v) is 18.1. The van der Waals surface area contributed by atoms with Gasteiger partial charge in [0.25, 0.3) is 5.56 Å². The molecule has 31 heavy (non-hydrogen) atoms. The second kappa shape index (κ2) is 8.74. The lowest BCUT2D eigenvalue weighted by Crippen LogP contribution is -2.34. The highest BCUT2D eigenvalue weighted by molar-refractivity contribution is 6.31. The average molecular weight is 455 g/mol. The number of rotatable bonds is 6. The molecular formula is C21H22ClF3N4O2. The van der Waals surface area contributed by atoms with Crippen LogP contribution in [0.15, 0.2) is 29.1 Å². The summed E-state index contributed by atoms with van der Waals surface area (Å²) < 4.78 is 43.5. The molecule has 0 aliphatic rings. The van der Waals surface area contributed by atoms with Crippen molar-refractivity contribution in [2.45, 2.75) is 46.3 Å². The number of hydrogen-bond donors (Lipinski definition) is 1. The van der Waals surface area contributed by atoms with Crippen LogP contribution in [0.5, 0.6) is 0 Å². The number of benzene rings is 1. The minimum Gasteiger partial charge on any atom is -0.355 e. The number of aryl methyl sites for hydroxylation is 1. The highest BCUT2D eigenvalue weighted by Gasteiger charge is 2.36. The number of unbranched alkanes of at least 4 members (excludes halogenated alkanes) is 1. The van der Waals surface area contributed by atoms with E-state index >= 15 is 0 Å². The molecular weight excluding hydrogens is 433 g/mol. The molecule has 1 amide bonds. The van der Waals surface area contributed by atoms with Crippen molar-refractivity contribution in [3.05, 3.63) is 56.5 Å². The fourth-order valence-electron chi connectivity index (χ4n) is 3.43. The maximum atomic E-state index is 13.7. The first kappa shape index (κ1) is 22.9. The smallest absolute Gasteiger partial charge is 0.355 e. The number of amides is 1. The van der Waals surface area contributed by atoms with Crippen LogP contribution >= 0.6 is 11.6 Å². The van der Waals surface area contributed by atoms with Crippen LogP contribution < -0.4 is 10.9 Å². The third-order valence-electron chi connectivity index (χ3n) is 5.02. The molecule has 0 saturated heterocycles. The molecule has 3 aromatic rings. The Morgan fingerprint density at radius 2 is 1.97 bits per heavy atom. The summed E-state index contributed by atoms with van der Waals surface area (Å²) in [5, 5.41) is 7.14. The molecule has 0 aliphatic heterocycles. The Kier molecular flexibility index (Phi) is 6.45. The molecule has 1 aromatic carbocycles. The van der Waals surface area contributed by atoms with Crippen molar-refractivity contribution in [3.8, 4) is 5.69 Å². The van der Waals surface area contributed by atoms with E-state index in [0.717, 1.165) is 17.4 Å². The lowest BCUT2D eigenvalue weighted by atomic mass is 10.1. The highest BCUT2D eigenvalue weighted by atomic mass is 35.5. The summed E-state index contributed by atoms with van der Waals surface area (Å²) in [6.45, 7) is 5.09.